The van der Waals surface area contributed by atoms with E-state index in [0.29, 0.717) is 23.4 Å². The number of carbonyl (C=O) groups excluding carboxylic acids is 2. The van der Waals surface area contributed by atoms with E-state index in [4.69, 9.17) is 4.74 Å². The molecule has 1 amide bonds. The van der Waals surface area contributed by atoms with Crippen molar-refractivity contribution >= 4 is 27.8 Å². The maximum Gasteiger partial charge on any atom is 0.306 e. The minimum Gasteiger partial charge on any atom is -0.507 e. The standard InChI is InChI=1S/C23H34BrN3O4/c1-17(15-18-3-4-21(28)20(24)16-18)23(30)27-9-5-19(6-10-27)26-13-11-25(12-14-26)8-7-22(29)31-2/h3-4,16-17,19,28H,5-15H2,1-2H3/t17-/m1/s1. The molecule has 0 aliphatic carbocycles. The van der Waals surface area contributed by atoms with E-state index in [1.165, 1.54) is 7.11 Å². The van der Waals surface area contributed by atoms with Crippen LogP contribution >= 0.6 is 15.9 Å². The molecule has 3 rings (SSSR count). The quantitative estimate of drug-likeness (QED) is 0.585. The van der Waals surface area contributed by atoms with Gasteiger partial charge in [0.15, 0.2) is 0 Å². The number of nitrogens with zero attached hydrogens (tertiary/aromatic N) is 3. The SMILES string of the molecule is COC(=O)CCN1CCN(C2CCN(C(=O)[C@H](C)Cc3ccc(O)c(Br)c3)CC2)CC1. The Bertz CT molecular complexity index is 759. The van der Waals surface area contributed by atoms with E-state index in [1.807, 2.05) is 24.0 Å². The van der Waals surface area contributed by atoms with E-state index in [9.17, 15) is 14.7 Å². The molecule has 31 heavy (non-hydrogen) atoms. The second-order valence-corrected chi connectivity index (χ2v) is 9.51. The van der Waals surface area contributed by atoms with Gasteiger partial charge in [0, 0.05) is 57.8 Å². The molecule has 2 saturated heterocycles. The maximum absolute atomic E-state index is 12.9. The highest BCUT2D eigenvalue weighted by Crippen LogP contribution is 2.26. The largest absolute Gasteiger partial charge is 0.507 e. The molecule has 172 valence electrons. The van der Waals surface area contributed by atoms with Crippen LogP contribution in [0.4, 0.5) is 0 Å². The molecule has 1 aromatic rings. The Kier molecular flexibility index (Phi) is 8.75. The Morgan fingerprint density at radius 1 is 1.16 bits per heavy atom. The van der Waals surface area contributed by atoms with Gasteiger partial charge in [-0.25, -0.2) is 0 Å². The molecule has 8 heteroatoms. The van der Waals surface area contributed by atoms with Gasteiger partial charge in [0.2, 0.25) is 5.91 Å². The summed E-state index contributed by atoms with van der Waals surface area (Å²) in [5, 5.41) is 9.65. The zero-order valence-electron chi connectivity index (χ0n) is 18.6. The number of esters is 1. The molecule has 0 spiro atoms. The van der Waals surface area contributed by atoms with Crippen LogP contribution in [0.5, 0.6) is 5.75 Å². The van der Waals surface area contributed by atoms with Gasteiger partial charge in [0.05, 0.1) is 18.0 Å². The zero-order chi connectivity index (χ0) is 22.4. The molecular formula is C23H34BrN3O4. The highest BCUT2D eigenvalue weighted by molar-refractivity contribution is 9.10. The Hall–Kier alpha value is -1.64. The molecule has 7 nitrogen and oxygen atoms in total. The highest BCUT2D eigenvalue weighted by atomic mass is 79.9. The number of ether oxygens (including phenoxy) is 1. The summed E-state index contributed by atoms with van der Waals surface area (Å²) in [4.78, 5) is 31.2. The summed E-state index contributed by atoms with van der Waals surface area (Å²) in [6.45, 7) is 8.39. The number of hydrogen-bond acceptors (Lipinski definition) is 6. The van der Waals surface area contributed by atoms with Crippen LogP contribution in [0.1, 0.15) is 31.7 Å². The van der Waals surface area contributed by atoms with Crippen molar-refractivity contribution in [3.8, 4) is 5.75 Å². The first-order valence-electron chi connectivity index (χ1n) is 11.2. The van der Waals surface area contributed by atoms with Gasteiger partial charge in [-0.3, -0.25) is 14.5 Å². The highest BCUT2D eigenvalue weighted by Gasteiger charge is 2.30. The zero-order valence-corrected chi connectivity index (χ0v) is 20.1. The summed E-state index contributed by atoms with van der Waals surface area (Å²) in [6, 6.07) is 5.96. The molecule has 0 aromatic heterocycles. The van der Waals surface area contributed by atoms with Gasteiger partial charge in [-0.2, -0.15) is 0 Å². The van der Waals surface area contributed by atoms with E-state index in [-0.39, 0.29) is 23.5 Å². The topological polar surface area (TPSA) is 73.3 Å². The van der Waals surface area contributed by atoms with E-state index >= 15 is 0 Å². The van der Waals surface area contributed by atoms with Gasteiger partial charge < -0.3 is 19.6 Å². The predicted molar refractivity (Wildman–Crippen MR) is 123 cm³/mol. The summed E-state index contributed by atoms with van der Waals surface area (Å²) in [5.41, 5.74) is 1.05. The van der Waals surface area contributed by atoms with Crippen LogP contribution in [0.25, 0.3) is 0 Å². The van der Waals surface area contributed by atoms with Gasteiger partial charge >= 0.3 is 5.97 Å². The van der Waals surface area contributed by atoms with E-state index in [0.717, 1.165) is 64.2 Å². The van der Waals surface area contributed by atoms with Gasteiger partial charge in [-0.05, 0) is 52.9 Å². The smallest absolute Gasteiger partial charge is 0.306 e. The summed E-state index contributed by atoms with van der Waals surface area (Å²) < 4.78 is 5.39. The third-order valence-electron chi connectivity index (χ3n) is 6.53. The monoisotopic (exact) mass is 495 g/mol. The number of likely N-dealkylation sites (tertiary alicyclic amines) is 1. The first kappa shape index (κ1) is 24.0. The van der Waals surface area contributed by atoms with Crippen LogP contribution in [0.3, 0.4) is 0 Å². The summed E-state index contributed by atoms with van der Waals surface area (Å²) in [5.74, 6) is 0.211. The fourth-order valence-electron chi connectivity index (χ4n) is 4.58. The first-order chi connectivity index (χ1) is 14.9. The second kappa shape index (κ2) is 11.3. The van der Waals surface area contributed by atoms with E-state index in [1.54, 1.807) is 6.07 Å². The molecular weight excluding hydrogens is 462 g/mol. The number of phenolic OH excluding ortho intramolecular Hbond substituents is 1. The third kappa shape index (κ3) is 6.67. The molecule has 1 aromatic carbocycles. The van der Waals surface area contributed by atoms with E-state index in [2.05, 4.69) is 25.7 Å². The van der Waals surface area contributed by atoms with Crippen molar-refractivity contribution in [2.45, 2.75) is 38.6 Å². The van der Waals surface area contributed by atoms with Crippen molar-refractivity contribution in [1.82, 2.24) is 14.7 Å². The van der Waals surface area contributed by atoms with Crippen LogP contribution in [-0.2, 0) is 20.7 Å². The minimum atomic E-state index is -0.147. The van der Waals surface area contributed by atoms with Crippen LogP contribution < -0.4 is 0 Å². The number of benzene rings is 1. The Labute approximate surface area is 193 Å². The molecule has 0 radical (unpaired) electrons. The molecule has 2 fully saturated rings. The maximum atomic E-state index is 12.9. The van der Waals surface area contributed by atoms with Crippen molar-refractivity contribution in [2.24, 2.45) is 5.92 Å². The lowest BCUT2D eigenvalue weighted by Crippen LogP contribution is -2.54. The minimum absolute atomic E-state index is 0.0775. The Morgan fingerprint density at radius 2 is 1.84 bits per heavy atom. The first-order valence-corrected chi connectivity index (χ1v) is 12.0. The number of methoxy groups -OCH3 is 1. The normalized spacial score (nSPS) is 19.9. The average Bonchev–Trinajstić information content (AvgIpc) is 2.79. The van der Waals surface area contributed by atoms with Crippen LogP contribution in [0.15, 0.2) is 22.7 Å². The Balaban J connectivity index is 1.40. The van der Waals surface area contributed by atoms with Crippen molar-refractivity contribution < 1.29 is 19.4 Å². The predicted octanol–water partition coefficient (Wildman–Crippen LogP) is 2.51. The summed E-state index contributed by atoms with van der Waals surface area (Å²) in [6.07, 6.45) is 3.16. The number of carbonyl (C=O) groups is 2. The molecule has 0 saturated carbocycles. The number of halogens is 1. The van der Waals surface area contributed by atoms with Crippen LogP contribution in [-0.4, -0.2) is 90.6 Å². The second-order valence-electron chi connectivity index (χ2n) is 8.65. The molecule has 1 atom stereocenters. The summed E-state index contributed by atoms with van der Waals surface area (Å²) in [7, 11) is 1.44. The summed E-state index contributed by atoms with van der Waals surface area (Å²) >= 11 is 3.34. The molecule has 2 aliphatic rings. The van der Waals surface area contributed by atoms with E-state index < -0.39 is 0 Å². The molecule has 2 aliphatic heterocycles. The van der Waals surface area contributed by atoms with Crippen LogP contribution in [0, 0.1) is 5.92 Å². The number of amides is 1. The van der Waals surface area contributed by atoms with Gasteiger partial charge in [-0.1, -0.05) is 13.0 Å². The van der Waals surface area contributed by atoms with Gasteiger partial charge in [0.1, 0.15) is 5.75 Å². The average molecular weight is 496 g/mol. The fourth-order valence-corrected chi connectivity index (χ4v) is 5.01. The number of hydrogen-bond donors (Lipinski definition) is 1. The number of piperidine rings is 1. The van der Waals surface area contributed by atoms with Crippen molar-refractivity contribution in [3.63, 3.8) is 0 Å². The third-order valence-corrected chi connectivity index (χ3v) is 7.17. The molecule has 2 heterocycles. The Morgan fingerprint density at radius 3 is 2.45 bits per heavy atom. The number of aromatic hydroxyl groups is 1. The lowest BCUT2D eigenvalue weighted by atomic mass is 9.97. The van der Waals surface area contributed by atoms with Crippen molar-refractivity contribution in [1.29, 1.82) is 0 Å². The van der Waals surface area contributed by atoms with Crippen molar-refractivity contribution in [3.05, 3.63) is 28.2 Å². The van der Waals surface area contributed by atoms with Gasteiger partial charge in [-0.15, -0.1) is 0 Å². The number of piperazine rings is 1. The fraction of sp³-hybridized carbons (Fsp3) is 0.652. The molecule has 0 bridgehead atoms. The molecule has 0 unspecified atom stereocenters. The lowest BCUT2D eigenvalue weighted by Gasteiger charge is -2.43. The number of rotatable bonds is 7. The molecule has 1 N–H and O–H groups in total. The van der Waals surface area contributed by atoms with Crippen LogP contribution in [0.2, 0.25) is 0 Å². The van der Waals surface area contributed by atoms with Crippen molar-refractivity contribution in [2.75, 3.05) is 52.9 Å². The van der Waals surface area contributed by atoms with Gasteiger partial charge in [0.25, 0.3) is 0 Å². The number of phenols is 1. The lowest BCUT2D eigenvalue weighted by molar-refractivity contribution is -0.141.